The van der Waals surface area contributed by atoms with Crippen LogP contribution in [0.5, 0.6) is 5.75 Å². The maximum atomic E-state index is 12.5. The lowest BCUT2D eigenvalue weighted by molar-refractivity contribution is 0.0954. The highest BCUT2D eigenvalue weighted by Gasteiger charge is 2.17. The van der Waals surface area contributed by atoms with Gasteiger partial charge in [0.15, 0.2) is 5.13 Å². The van der Waals surface area contributed by atoms with Crippen LogP contribution < -0.4 is 20.7 Å². The average Bonchev–Trinajstić information content (AvgIpc) is 3.07. The average molecular weight is 431 g/mol. The van der Waals surface area contributed by atoms with Crippen LogP contribution in [0.3, 0.4) is 0 Å². The van der Waals surface area contributed by atoms with Crippen LogP contribution in [0.1, 0.15) is 20.9 Å². The lowest BCUT2D eigenvalue weighted by Gasteiger charge is -2.09. The Kier molecular flexibility index (Phi) is 6.69. The number of amides is 3. The molecule has 7 nitrogen and oxygen atoms in total. The van der Waals surface area contributed by atoms with E-state index >= 15 is 0 Å². The number of thiazole rings is 1. The number of hydrogen-bond donors (Lipinski definition) is 3. The number of aromatic nitrogens is 1. The molecule has 3 amide bonds. The van der Waals surface area contributed by atoms with Crippen molar-refractivity contribution in [3.8, 4) is 5.75 Å². The van der Waals surface area contributed by atoms with Crippen molar-refractivity contribution in [2.75, 3.05) is 17.7 Å². The fraction of sp³-hybridized carbons (Fsp3) is 0.150. The molecule has 150 valence electrons. The molecule has 9 heteroatoms. The number of hydrogen-bond acceptors (Lipinski definition) is 5. The van der Waals surface area contributed by atoms with E-state index in [0.29, 0.717) is 38.7 Å². The SMILES string of the molecule is COc1ccccc1NC(=O)Nc1nc(C)c(C(=O)NCc2ccc(Cl)cc2)s1. The van der Waals surface area contributed by atoms with Gasteiger partial charge in [-0.05, 0) is 36.8 Å². The van der Waals surface area contributed by atoms with Crippen molar-refractivity contribution in [2.24, 2.45) is 0 Å². The van der Waals surface area contributed by atoms with Crippen LogP contribution in [0.4, 0.5) is 15.6 Å². The Morgan fingerprint density at radius 3 is 2.55 bits per heavy atom. The first-order valence-electron chi connectivity index (χ1n) is 8.67. The molecule has 1 heterocycles. The van der Waals surface area contributed by atoms with Gasteiger partial charge < -0.3 is 15.4 Å². The lowest BCUT2D eigenvalue weighted by atomic mass is 10.2. The summed E-state index contributed by atoms with van der Waals surface area (Å²) in [7, 11) is 1.53. The van der Waals surface area contributed by atoms with Gasteiger partial charge in [-0.3, -0.25) is 10.1 Å². The van der Waals surface area contributed by atoms with E-state index in [0.717, 1.165) is 16.9 Å². The Morgan fingerprint density at radius 2 is 1.83 bits per heavy atom. The molecule has 29 heavy (non-hydrogen) atoms. The van der Waals surface area contributed by atoms with Crippen LogP contribution in [0.2, 0.25) is 5.02 Å². The Balaban J connectivity index is 1.61. The van der Waals surface area contributed by atoms with E-state index in [4.69, 9.17) is 16.3 Å². The number of halogens is 1. The molecule has 0 unspecified atom stereocenters. The summed E-state index contributed by atoms with van der Waals surface area (Å²) in [6, 6.07) is 13.8. The van der Waals surface area contributed by atoms with Gasteiger partial charge in [0.2, 0.25) is 0 Å². The molecule has 0 spiro atoms. The highest BCUT2D eigenvalue weighted by molar-refractivity contribution is 7.17. The van der Waals surface area contributed by atoms with E-state index in [1.54, 1.807) is 43.3 Å². The van der Waals surface area contributed by atoms with Crippen LogP contribution in [0.25, 0.3) is 0 Å². The second kappa shape index (κ2) is 9.40. The van der Waals surface area contributed by atoms with Gasteiger partial charge in [0.1, 0.15) is 10.6 Å². The van der Waals surface area contributed by atoms with Gasteiger partial charge in [-0.15, -0.1) is 0 Å². The smallest absolute Gasteiger partial charge is 0.325 e. The lowest BCUT2D eigenvalue weighted by Crippen LogP contribution is -2.22. The monoisotopic (exact) mass is 430 g/mol. The van der Waals surface area contributed by atoms with Crippen molar-refractivity contribution in [1.82, 2.24) is 10.3 Å². The van der Waals surface area contributed by atoms with Crippen LogP contribution >= 0.6 is 22.9 Å². The molecule has 0 fully saturated rings. The third-order valence-electron chi connectivity index (χ3n) is 3.94. The van der Waals surface area contributed by atoms with Gasteiger partial charge in [-0.1, -0.05) is 47.2 Å². The molecule has 0 radical (unpaired) electrons. The highest BCUT2D eigenvalue weighted by atomic mass is 35.5. The zero-order valence-electron chi connectivity index (χ0n) is 15.8. The van der Waals surface area contributed by atoms with E-state index in [1.807, 2.05) is 12.1 Å². The number of nitrogens with one attached hydrogen (secondary N) is 3. The van der Waals surface area contributed by atoms with Gasteiger partial charge in [0, 0.05) is 11.6 Å². The second-order valence-electron chi connectivity index (χ2n) is 6.02. The number of nitrogens with zero attached hydrogens (tertiary/aromatic N) is 1. The topological polar surface area (TPSA) is 92.3 Å². The predicted molar refractivity (Wildman–Crippen MR) is 115 cm³/mol. The number of ether oxygens (including phenoxy) is 1. The third kappa shape index (κ3) is 5.46. The van der Waals surface area contributed by atoms with E-state index in [1.165, 1.54) is 7.11 Å². The number of rotatable bonds is 6. The number of methoxy groups -OCH3 is 1. The van der Waals surface area contributed by atoms with Crippen molar-refractivity contribution in [3.63, 3.8) is 0 Å². The van der Waals surface area contributed by atoms with Crippen molar-refractivity contribution in [3.05, 3.63) is 69.7 Å². The number of benzene rings is 2. The van der Waals surface area contributed by atoms with Crippen molar-refractivity contribution in [1.29, 1.82) is 0 Å². The minimum Gasteiger partial charge on any atom is -0.495 e. The van der Waals surface area contributed by atoms with E-state index < -0.39 is 6.03 Å². The zero-order valence-corrected chi connectivity index (χ0v) is 17.4. The fourth-order valence-corrected chi connectivity index (χ4v) is 3.53. The maximum Gasteiger partial charge on any atom is 0.325 e. The summed E-state index contributed by atoms with van der Waals surface area (Å²) in [6.07, 6.45) is 0. The van der Waals surface area contributed by atoms with Crippen LogP contribution in [0, 0.1) is 6.92 Å². The summed E-state index contributed by atoms with van der Waals surface area (Å²) in [5.41, 5.74) is 2.00. The summed E-state index contributed by atoms with van der Waals surface area (Å²) in [5.74, 6) is 0.286. The molecule has 0 bridgehead atoms. The Morgan fingerprint density at radius 1 is 1.10 bits per heavy atom. The molecule has 1 aromatic heterocycles. The third-order valence-corrected chi connectivity index (χ3v) is 5.27. The highest BCUT2D eigenvalue weighted by Crippen LogP contribution is 2.25. The molecule has 3 aromatic rings. The van der Waals surface area contributed by atoms with E-state index in [-0.39, 0.29) is 5.91 Å². The minimum absolute atomic E-state index is 0.256. The van der Waals surface area contributed by atoms with Crippen LogP contribution in [-0.4, -0.2) is 24.0 Å². The van der Waals surface area contributed by atoms with Crippen molar-refractivity contribution < 1.29 is 14.3 Å². The molecule has 3 N–H and O–H groups in total. The summed E-state index contributed by atoms with van der Waals surface area (Å²) in [6.45, 7) is 2.08. The standard InChI is InChI=1S/C20H19ClN4O3S/c1-12-17(18(26)22-11-13-7-9-14(21)10-8-13)29-20(23-12)25-19(27)24-15-5-3-4-6-16(15)28-2/h3-10H,11H2,1-2H3,(H,22,26)(H2,23,24,25,27). The molecule has 0 saturated carbocycles. The summed E-state index contributed by atoms with van der Waals surface area (Å²) < 4.78 is 5.21. The summed E-state index contributed by atoms with van der Waals surface area (Å²) in [5, 5.41) is 9.15. The summed E-state index contributed by atoms with van der Waals surface area (Å²) in [4.78, 5) is 29.4. The fourth-order valence-electron chi connectivity index (χ4n) is 2.52. The van der Waals surface area contributed by atoms with Gasteiger partial charge >= 0.3 is 6.03 Å². The number of anilines is 2. The van der Waals surface area contributed by atoms with Crippen LogP contribution in [0.15, 0.2) is 48.5 Å². The Bertz CT molecular complexity index is 1020. The minimum atomic E-state index is -0.476. The van der Waals surface area contributed by atoms with Gasteiger partial charge in [0.25, 0.3) is 5.91 Å². The van der Waals surface area contributed by atoms with Crippen LogP contribution in [-0.2, 0) is 6.54 Å². The predicted octanol–water partition coefficient (Wildman–Crippen LogP) is 4.69. The van der Waals surface area contributed by atoms with Crippen molar-refractivity contribution in [2.45, 2.75) is 13.5 Å². The number of aryl methyl sites for hydroxylation is 1. The molecule has 0 aliphatic rings. The molecule has 0 saturated heterocycles. The normalized spacial score (nSPS) is 10.3. The number of carbonyl (C=O) groups excluding carboxylic acids is 2. The number of urea groups is 1. The molecule has 3 rings (SSSR count). The van der Waals surface area contributed by atoms with E-state index in [9.17, 15) is 9.59 Å². The Labute approximate surface area is 177 Å². The maximum absolute atomic E-state index is 12.5. The molecule has 2 aromatic carbocycles. The molecule has 0 atom stereocenters. The Hall–Kier alpha value is -3.10. The summed E-state index contributed by atoms with van der Waals surface area (Å²) >= 11 is 6.97. The molecule has 0 aliphatic heterocycles. The van der Waals surface area contributed by atoms with Gasteiger partial charge in [-0.25, -0.2) is 9.78 Å². The molecule has 0 aliphatic carbocycles. The largest absolute Gasteiger partial charge is 0.495 e. The first kappa shape index (κ1) is 20.6. The molecular formula is C20H19ClN4O3S. The van der Waals surface area contributed by atoms with Gasteiger partial charge in [-0.2, -0.15) is 0 Å². The van der Waals surface area contributed by atoms with Crippen molar-refractivity contribution >= 4 is 45.7 Å². The van der Waals surface area contributed by atoms with E-state index in [2.05, 4.69) is 20.9 Å². The van der Waals surface area contributed by atoms with Gasteiger partial charge in [0.05, 0.1) is 18.5 Å². The quantitative estimate of drug-likeness (QED) is 0.529. The number of carbonyl (C=O) groups is 2. The number of para-hydroxylation sites is 2. The zero-order chi connectivity index (χ0) is 20.8. The first-order chi connectivity index (χ1) is 14.0. The second-order valence-corrected chi connectivity index (χ2v) is 7.46. The first-order valence-corrected chi connectivity index (χ1v) is 9.87. The molecular weight excluding hydrogens is 412 g/mol.